The minimum Gasteiger partial charge on any atom is -0.342 e. The maximum atomic E-state index is 11.6. The lowest BCUT2D eigenvalue weighted by atomic mass is 9.97. The number of rotatable bonds is 2. The quantitative estimate of drug-likeness (QED) is 0.799. The molecule has 3 rings (SSSR count). The Labute approximate surface area is 134 Å². The van der Waals surface area contributed by atoms with E-state index >= 15 is 0 Å². The van der Waals surface area contributed by atoms with Crippen LogP contribution in [0.3, 0.4) is 0 Å². The number of pyridine rings is 1. The number of aromatic nitrogens is 3. The standard InChI is InChI=1S/C16H17ClN4O/c1-11(22)21-8-2-3-13(10-21)16-19-14(9-15(17)20-16)12-4-6-18-7-5-12/h4-7,9,13H,2-3,8,10H2,1H3/t13-/m0/s1. The fourth-order valence-electron chi connectivity index (χ4n) is 2.76. The first kappa shape index (κ1) is 14.9. The van der Waals surface area contributed by atoms with Gasteiger partial charge in [0.25, 0.3) is 0 Å². The molecule has 1 fully saturated rings. The molecule has 3 heterocycles. The van der Waals surface area contributed by atoms with Crippen LogP contribution in [0, 0.1) is 0 Å². The molecule has 0 aliphatic carbocycles. The average molecular weight is 317 g/mol. The number of carbonyl (C=O) groups excluding carboxylic acids is 1. The Morgan fingerprint density at radius 2 is 2.09 bits per heavy atom. The van der Waals surface area contributed by atoms with E-state index in [4.69, 9.17) is 11.6 Å². The summed E-state index contributed by atoms with van der Waals surface area (Å²) in [6.07, 6.45) is 5.39. The summed E-state index contributed by atoms with van der Waals surface area (Å²) in [5, 5.41) is 0.428. The highest BCUT2D eigenvalue weighted by atomic mass is 35.5. The first-order chi connectivity index (χ1) is 10.6. The van der Waals surface area contributed by atoms with Crippen LogP contribution < -0.4 is 0 Å². The van der Waals surface area contributed by atoms with Crippen LogP contribution in [-0.4, -0.2) is 38.8 Å². The molecule has 2 aromatic rings. The van der Waals surface area contributed by atoms with E-state index in [-0.39, 0.29) is 11.8 Å². The molecule has 0 N–H and O–H groups in total. The molecule has 1 atom stereocenters. The normalized spacial score (nSPS) is 18.3. The van der Waals surface area contributed by atoms with Crippen molar-refractivity contribution in [3.8, 4) is 11.3 Å². The largest absolute Gasteiger partial charge is 0.342 e. The highest BCUT2D eigenvalue weighted by Gasteiger charge is 2.25. The molecule has 22 heavy (non-hydrogen) atoms. The predicted octanol–water partition coefficient (Wildman–Crippen LogP) is 2.92. The topological polar surface area (TPSA) is 59.0 Å². The summed E-state index contributed by atoms with van der Waals surface area (Å²) in [6, 6.07) is 5.54. The van der Waals surface area contributed by atoms with Crippen molar-refractivity contribution in [1.82, 2.24) is 19.9 Å². The van der Waals surface area contributed by atoms with Gasteiger partial charge in [-0.25, -0.2) is 9.97 Å². The molecule has 1 saturated heterocycles. The predicted molar refractivity (Wildman–Crippen MR) is 84.5 cm³/mol. The summed E-state index contributed by atoms with van der Waals surface area (Å²) in [7, 11) is 0. The van der Waals surface area contributed by atoms with E-state index in [1.807, 2.05) is 17.0 Å². The highest BCUT2D eigenvalue weighted by molar-refractivity contribution is 6.29. The van der Waals surface area contributed by atoms with Crippen molar-refractivity contribution in [2.24, 2.45) is 0 Å². The van der Waals surface area contributed by atoms with Crippen LogP contribution in [0.2, 0.25) is 5.15 Å². The zero-order valence-corrected chi connectivity index (χ0v) is 13.1. The lowest BCUT2D eigenvalue weighted by Crippen LogP contribution is -2.38. The molecular weight excluding hydrogens is 300 g/mol. The Balaban J connectivity index is 1.91. The monoisotopic (exact) mass is 316 g/mol. The van der Waals surface area contributed by atoms with Crippen molar-refractivity contribution < 1.29 is 4.79 Å². The maximum absolute atomic E-state index is 11.6. The molecule has 0 saturated carbocycles. The Bertz CT molecular complexity index is 677. The summed E-state index contributed by atoms with van der Waals surface area (Å²) in [5.74, 6) is 0.947. The summed E-state index contributed by atoms with van der Waals surface area (Å²) in [4.78, 5) is 26.5. The van der Waals surface area contributed by atoms with Crippen LogP contribution in [0.25, 0.3) is 11.3 Å². The number of carbonyl (C=O) groups is 1. The van der Waals surface area contributed by atoms with Crippen molar-refractivity contribution in [3.63, 3.8) is 0 Å². The van der Waals surface area contributed by atoms with Gasteiger partial charge in [0.15, 0.2) is 0 Å². The molecule has 6 heteroatoms. The summed E-state index contributed by atoms with van der Waals surface area (Å²) >= 11 is 6.17. The zero-order valence-electron chi connectivity index (χ0n) is 12.4. The summed E-state index contributed by atoms with van der Waals surface area (Å²) in [6.45, 7) is 3.07. The number of piperidine rings is 1. The second-order valence-electron chi connectivity index (χ2n) is 5.47. The number of hydrogen-bond donors (Lipinski definition) is 0. The van der Waals surface area contributed by atoms with E-state index in [2.05, 4.69) is 15.0 Å². The first-order valence-electron chi connectivity index (χ1n) is 7.34. The second kappa shape index (κ2) is 6.40. The molecule has 5 nitrogen and oxygen atoms in total. The Morgan fingerprint density at radius 1 is 1.32 bits per heavy atom. The van der Waals surface area contributed by atoms with Crippen LogP contribution in [0.4, 0.5) is 0 Å². The molecule has 1 amide bonds. The second-order valence-corrected chi connectivity index (χ2v) is 5.86. The van der Waals surface area contributed by atoms with E-state index < -0.39 is 0 Å². The van der Waals surface area contributed by atoms with Crippen LogP contribution in [0.5, 0.6) is 0 Å². The van der Waals surface area contributed by atoms with Gasteiger partial charge in [0, 0.05) is 50.0 Å². The molecule has 2 aromatic heterocycles. The van der Waals surface area contributed by atoms with Gasteiger partial charge in [-0.2, -0.15) is 0 Å². The van der Waals surface area contributed by atoms with Crippen LogP contribution in [0.1, 0.15) is 31.5 Å². The average Bonchev–Trinajstić information content (AvgIpc) is 2.55. The van der Waals surface area contributed by atoms with Crippen molar-refractivity contribution in [2.45, 2.75) is 25.7 Å². The van der Waals surface area contributed by atoms with E-state index in [1.54, 1.807) is 25.4 Å². The van der Waals surface area contributed by atoms with Gasteiger partial charge in [0.2, 0.25) is 5.91 Å². The molecule has 0 unspecified atom stereocenters. The van der Waals surface area contributed by atoms with E-state index in [1.165, 1.54) is 0 Å². The van der Waals surface area contributed by atoms with Crippen molar-refractivity contribution in [1.29, 1.82) is 0 Å². The third-order valence-electron chi connectivity index (χ3n) is 3.92. The van der Waals surface area contributed by atoms with Crippen LogP contribution in [-0.2, 0) is 4.79 Å². The smallest absolute Gasteiger partial charge is 0.219 e. The number of halogens is 1. The third kappa shape index (κ3) is 3.25. The van der Waals surface area contributed by atoms with Crippen LogP contribution in [0.15, 0.2) is 30.6 Å². The number of hydrogen-bond acceptors (Lipinski definition) is 4. The molecule has 1 aliphatic heterocycles. The Morgan fingerprint density at radius 3 is 2.82 bits per heavy atom. The Kier molecular flexibility index (Phi) is 4.34. The van der Waals surface area contributed by atoms with Gasteiger partial charge in [-0.1, -0.05) is 11.6 Å². The first-order valence-corrected chi connectivity index (χ1v) is 7.71. The number of nitrogens with zero attached hydrogens (tertiary/aromatic N) is 4. The van der Waals surface area contributed by atoms with E-state index in [9.17, 15) is 4.79 Å². The van der Waals surface area contributed by atoms with E-state index in [0.29, 0.717) is 17.5 Å². The molecule has 1 aliphatic rings. The minimum atomic E-state index is 0.0982. The van der Waals surface area contributed by atoms with Gasteiger partial charge in [-0.3, -0.25) is 9.78 Å². The fourth-order valence-corrected chi connectivity index (χ4v) is 2.95. The van der Waals surface area contributed by atoms with E-state index in [0.717, 1.165) is 30.6 Å². The fraction of sp³-hybridized carbons (Fsp3) is 0.375. The maximum Gasteiger partial charge on any atom is 0.219 e. The molecule has 0 spiro atoms. The van der Waals surface area contributed by atoms with Crippen molar-refractivity contribution in [2.75, 3.05) is 13.1 Å². The number of amides is 1. The highest BCUT2D eigenvalue weighted by Crippen LogP contribution is 2.28. The molecule has 0 bridgehead atoms. The van der Waals surface area contributed by atoms with Crippen molar-refractivity contribution in [3.05, 3.63) is 41.6 Å². The molecular formula is C16H17ClN4O. The molecule has 0 radical (unpaired) electrons. The van der Waals surface area contributed by atoms with Gasteiger partial charge < -0.3 is 4.90 Å². The van der Waals surface area contributed by atoms with Crippen LogP contribution >= 0.6 is 11.6 Å². The lowest BCUT2D eigenvalue weighted by Gasteiger charge is -2.31. The van der Waals surface area contributed by atoms with Gasteiger partial charge >= 0.3 is 0 Å². The lowest BCUT2D eigenvalue weighted by molar-refractivity contribution is -0.130. The zero-order chi connectivity index (χ0) is 15.5. The van der Waals surface area contributed by atoms with Gasteiger partial charge in [0.05, 0.1) is 5.69 Å². The van der Waals surface area contributed by atoms with Crippen molar-refractivity contribution >= 4 is 17.5 Å². The SMILES string of the molecule is CC(=O)N1CCC[C@H](c2nc(Cl)cc(-c3ccncc3)n2)C1. The minimum absolute atomic E-state index is 0.0982. The van der Waals surface area contributed by atoms with Gasteiger partial charge in [-0.05, 0) is 25.0 Å². The summed E-state index contributed by atoms with van der Waals surface area (Å²) < 4.78 is 0. The summed E-state index contributed by atoms with van der Waals surface area (Å²) in [5.41, 5.74) is 1.75. The molecule has 0 aromatic carbocycles. The van der Waals surface area contributed by atoms with Gasteiger partial charge in [0.1, 0.15) is 11.0 Å². The molecule has 114 valence electrons. The number of likely N-dealkylation sites (tertiary alicyclic amines) is 1. The van der Waals surface area contributed by atoms with Gasteiger partial charge in [-0.15, -0.1) is 0 Å². The Hall–Kier alpha value is -2.01. The third-order valence-corrected chi connectivity index (χ3v) is 4.11.